The maximum Gasteiger partial charge on any atom is 0.0636 e. The maximum atomic E-state index is 8.91. The van der Waals surface area contributed by atoms with Crippen LogP contribution >= 0.6 is 0 Å². The van der Waals surface area contributed by atoms with Gasteiger partial charge in [0.25, 0.3) is 0 Å². The van der Waals surface area contributed by atoms with Gasteiger partial charge in [0.1, 0.15) is 0 Å². The second kappa shape index (κ2) is 4.24. The van der Waals surface area contributed by atoms with Crippen LogP contribution in [0.15, 0.2) is 84.6 Å². The molecule has 0 bridgehead atoms. The molecule has 0 saturated carbocycles. The summed E-state index contributed by atoms with van der Waals surface area (Å²) in [6.07, 6.45) is 0. The van der Waals surface area contributed by atoms with Crippen LogP contribution in [0.5, 0.6) is 0 Å². The van der Waals surface area contributed by atoms with E-state index in [1.807, 2.05) is 0 Å². The quantitative estimate of drug-likeness (QED) is 0.211. The highest BCUT2D eigenvalue weighted by atomic mass is 14.2. The highest BCUT2D eigenvalue weighted by Gasteiger charge is 2.12. The van der Waals surface area contributed by atoms with Gasteiger partial charge in [0.2, 0.25) is 0 Å². The molecule has 24 heavy (non-hydrogen) atoms. The van der Waals surface area contributed by atoms with Crippen molar-refractivity contribution in [2.24, 2.45) is 0 Å². The minimum Gasteiger partial charge on any atom is -0.0616 e. The predicted octanol–water partition coefficient (Wildman–Crippen LogP) is 6.89. The van der Waals surface area contributed by atoms with Crippen LogP contribution in [-0.4, -0.2) is 0 Å². The molecule has 110 valence electrons. The van der Waals surface area contributed by atoms with E-state index < -0.39 is 84.6 Å². The van der Waals surface area contributed by atoms with Gasteiger partial charge >= 0.3 is 0 Å². The Morgan fingerprint density at radius 1 is 0.417 bits per heavy atom. The van der Waals surface area contributed by atoms with E-state index in [-0.39, 0.29) is 53.9 Å². The average Bonchev–Trinajstić information content (AvgIpc) is 2.88. The van der Waals surface area contributed by atoms with Gasteiger partial charge in [0.15, 0.2) is 0 Å². The summed E-state index contributed by atoms with van der Waals surface area (Å²) in [5.74, 6) is 0. The Morgan fingerprint density at radius 3 is 1.38 bits per heavy atom. The second-order valence-electron chi connectivity index (χ2n) is 5.50. The van der Waals surface area contributed by atoms with Crippen molar-refractivity contribution < 1.29 is 19.2 Å². The van der Waals surface area contributed by atoms with Crippen LogP contribution in [0.2, 0.25) is 0 Å². The van der Waals surface area contributed by atoms with E-state index in [0.717, 1.165) is 0 Å². The highest BCUT2D eigenvalue weighted by molar-refractivity contribution is 6.32. The number of benzene rings is 6. The van der Waals surface area contributed by atoms with Gasteiger partial charge in [-0.3, -0.25) is 0 Å². The fourth-order valence-electron chi connectivity index (χ4n) is 3.25. The third kappa shape index (κ3) is 1.43. The van der Waals surface area contributed by atoms with E-state index in [1.165, 1.54) is 0 Å². The molecule has 0 aromatic heterocycles. The minimum atomic E-state index is -0.616. The molecule has 6 aromatic carbocycles. The Bertz CT molecular complexity index is 1960. The molecule has 0 atom stereocenters. The summed E-state index contributed by atoms with van der Waals surface area (Å²) < 4.78 is 119. The monoisotopic (exact) mass is 316 g/mol. The highest BCUT2D eigenvalue weighted by Crippen LogP contribution is 2.40. The lowest BCUT2D eigenvalue weighted by Crippen LogP contribution is -1.87. The molecule has 0 heterocycles. The van der Waals surface area contributed by atoms with Crippen molar-refractivity contribution in [2.75, 3.05) is 0 Å². The van der Waals surface area contributed by atoms with E-state index in [9.17, 15) is 0 Å². The van der Waals surface area contributed by atoms with Gasteiger partial charge in [-0.1, -0.05) is 72.5 Å². The molecule has 0 aliphatic carbocycles. The molecule has 6 aromatic rings. The summed E-state index contributed by atoms with van der Waals surface area (Å²) in [6, 6.07) is -7.74. The molecule has 0 amide bonds. The smallest absolute Gasteiger partial charge is 0.0616 e. The Labute approximate surface area is 158 Å². The van der Waals surface area contributed by atoms with Crippen LogP contribution in [0.25, 0.3) is 53.9 Å². The van der Waals surface area contributed by atoms with Gasteiger partial charge in [0, 0.05) is 0 Å². The van der Waals surface area contributed by atoms with E-state index >= 15 is 0 Å². The molecule has 0 N–H and O–H groups in total. The van der Waals surface area contributed by atoms with E-state index in [4.69, 9.17) is 19.2 Å². The molecule has 6 rings (SSSR count). The van der Waals surface area contributed by atoms with Crippen LogP contribution in [0.4, 0.5) is 0 Å². The van der Waals surface area contributed by atoms with Crippen molar-refractivity contribution in [3.8, 4) is 0 Å². The molecule has 0 heteroatoms. The standard InChI is InChI=1S/C24H14/c1-3-7-19-15(5-1)13-17-9-10-18-14-16-6-2-4-8-20(16)22-12-11-21(19)23(17)24(18)22/h1-14H/i1D,2D,3D,4D,5D,6D,7D,8D,9D,10D,11D,12D,13D,14D. The molecular formula is C24H14. The number of hydrogen-bond acceptors (Lipinski definition) is 0. The first-order valence-electron chi connectivity index (χ1n) is 14.2. The maximum absolute atomic E-state index is 8.91. The predicted molar refractivity (Wildman–Crippen MR) is 105 cm³/mol. The fraction of sp³-hybridized carbons (Fsp3) is 0. The summed E-state index contributed by atoms with van der Waals surface area (Å²) in [5.41, 5.74) is 0. The van der Waals surface area contributed by atoms with Gasteiger partial charge < -0.3 is 0 Å². The second-order valence-corrected chi connectivity index (χ2v) is 5.50. The number of rotatable bonds is 0. The fourth-order valence-corrected chi connectivity index (χ4v) is 3.25. The molecule has 0 radical (unpaired) electrons. The summed E-state index contributed by atoms with van der Waals surface area (Å²) in [5, 5.41) is -1.67. The summed E-state index contributed by atoms with van der Waals surface area (Å²) >= 11 is 0. The van der Waals surface area contributed by atoms with Gasteiger partial charge in [-0.15, -0.1) is 0 Å². The van der Waals surface area contributed by atoms with Crippen molar-refractivity contribution in [1.29, 1.82) is 0 Å². The lowest BCUT2D eigenvalue weighted by Gasteiger charge is -2.14. The summed E-state index contributed by atoms with van der Waals surface area (Å²) in [4.78, 5) is 0. The minimum absolute atomic E-state index is 0.0256. The summed E-state index contributed by atoms with van der Waals surface area (Å²) in [6.45, 7) is 0. The Balaban J connectivity index is 2.17. The first-order chi connectivity index (χ1) is 17.7. The zero-order valence-electron chi connectivity index (χ0n) is 26.0. The molecule has 0 aliphatic heterocycles. The molecule has 0 aliphatic rings. The first-order valence-corrected chi connectivity index (χ1v) is 7.25. The van der Waals surface area contributed by atoms with Crippen molar-refractivity contribution >= 4 is 53.9 Å². The largest absolute Gasteiger partial charge is 0.0636 e. The molecule has 0 unspecified atom stereocenters. The van der Waals surface area contributed by atoms with Gasteiger partial charge in [0.05, 0.1) is 19.2 Å². The Kier molecular flexibility index (Phi) is 0.917. The van der Waals surface area contributed by atoms with Crippen molar-refractivity contribution in [3.63, 3.8) is 0 Å². The molecular weight excluding hydrogens is 288 g/mol. The van der Waals surface area contributed by atoms with Crippen molar-refractivity contribution in [2.45, 2.75) is 0 Å². The van der Waals surface area contributed by atoms with Crippen LogP contribution in [-0.2, 0) is 0 Å². The van der Waals surface area contributed by atoms with Crippen LogP contribution in [0.1, 0.15) is 19.2 Å². The summed E-state index contributed by atoms with van der Waals surface area (Å²) in [7, 11) is 0. The van der Waals surface area contributed by atoms with E-state index in [2.05, 4.69) is 0 Å². The van der Waals surface area contributed by atoms with E-state index in [1.54, 1.807) is 0 Å². The van der Waals surface area contributed by atoms with Crippen molar-refractivity contribution in [3.05, 3.63) is 84.6 Å². The first kappa shape index (κ1) is 5.19. The lowest BCUT2D eigenvalue weighted by atomic mass is 9.89. The van der Waals surface area contributed by atoms with Crippen LogP contribution in [0.3, 0.4) is 0 Å². The normalized spacial score (nSPS) is 20.3. The Hall–Kier alpha value is -3.12. The number of hydrogen-bond donors (Lipinski definition) is 0. The van der Waals surface area contributed by atoms with Gasteiger partial charge in [-0.05, 0) is 65.9 Å². The number of fused-ring (bicyclic) bond motifs is 4. The zero-order chi connectivity index (χ0) is 27.9. The van der Waals surface area contributed by atoms with Crippen LogP contribution < -0.4 is 0 Å². The third-order valence-corrected chi connectivity index (χ3v) is 4.25. The zero-order valence-corrected chi connectivity index (χ0v) is 12.0. The topological polar surface area (TPSA) is 0 Å². The van der Waals surface area contributed by atoms with Crippen LogP contribution in [0, 0.1) is 0 Å². The molecule has 0 spiro atoms. The van der Waals surface area contributed by atoms with Gasteiger partial charge in [-0.2, -0.15) is 0 Å². The molecule has 0 fully saturated rings. The SMILES string of the molecule is [2H]c1c([2H])c([2H])c2c(c1[2H])c([2H])c1c([2H])c([2H])c3c([2H])c4c([2H])c([2H])c([2H])c([2H])c4c4c([2H])c([2H])c2c1c34. The lowest BCUT2D eigenvalue weighted by molar-refractivity contribution is 1.78. The Morgan fingerprint density at radius 2 is 0.875 bits per heavy atom. The third-order valence-electron chi connectivity index (χ3n) is 4.25. The van der Waals surface area contributed by atoms with Crippen molar-refractivity contribution in [1.82, 2.24) is 0 Å². The molecule has 0 nitrogen and oxygen atoms in total. The molecule has 0 saturated heterocycles. The van der Waals surface area contributed by atoms with Gasteiger partial charge in [-0.25, -0.2) is 0 Å². The average molecular weight is 316 g/mol. The van der Waals surface area contributed by atoms with E-state index in [0.29, 0.717) is 0 Å².